The molecule has 0 aliphatic heterocycles. The van der Waals surface area contributed by atoms with E-state index in [2.05, 4.69) is 11.9 Å². The molecule has 0 radical (unpaired) electrons. The van der Waals surface area contributed by atoms with Crippen molar-refractivity contribution in [1.29, 1.82) is 0 Å². The fourth-order valence-corrected chi connectivity index (χ4v) is 1.33. The van der Waals surface area contributed by atoms with Gasteiger partial charge in [-0.05, 0) is 23.8 Å². The predicted octanol–water partition coefficient (Wildman–Crippen LogP) is 1.84. The molecule has 1 amide bonds. The Hall–Kier alpha value is -1.81. The van der Waals surface area contributed by atoms with Crippen molar-refractivity contribution in [3.05, 3.63) is 47.0 Å². The maximum Gasteiger partial charge on any atom is 0.336 e. The summed E-state index contributed by atoms with van der Waals surface area (Å²) in [6.45, 7) is 3.42. The molecule has 1 aromatic carbocycles. The molecular weight excluding hydrogens is 230 g/mol. The van der Waals surface area contributed by atoms with Crippen molar-refractivity contribution in [3.63, 3.8) is 0 Å². The fourth-order valence-electron chi connectivity index (χ4n) is 1.16. The number of carboxylic acid groups (broad SMARTS) is 1. The van der Waals surface area contributed by atoms with E-state index in [1.165, 1.54) is 6.07 Å². The molecule has 1 rings (SSSR count). The third-order valence-corrected chi connectivity index (χ3v) is 2.18. The quantitative estimate of drug-likeness (QED) is 0.788. The van der Waals surface area contributed by atoms with E-state index in [0.29, 0.717) is 10.6 Å². The van der Waals surface area contributed by atoms with Gasteiger partial charge in [-0.3, -0.25) is 4.79 Å². The van der Waals surface area contributed by atoms with E-state index in [4.69, 9.17) is 16.7 Å². The minimum absolute atomic E-state index is 0.0804. The molecule has 0 fully saturated rings. The van der Waals surface area contributed by atoms with Crippen LogP contribution in [0, 0.1) is 0 Å². The van der Waals surface area contributed by atoms with Crippen LogP contribution < -0.4 is 5.32 Å². The summed E-state index contributed by atoms with van der Waals surface area (Å²) in [6, 6.07) is 4.48. The van der Waals surface area contributed by atoms with Gasteiger partial charge in [0, 0.05) is 11.6 Å². The lowest BCUT2D eigenvalue weighted by Crippen LogP contribution is -2.21. The van der Waals surface area contributed by atoms with Crippen LogP contribution in [0.4, 0.5) is 0 Å². The van der Waals surface area contributed by atoms with Gasteiger partial charge in [0.05, 0.1) is 5.56 Å². The number of halogens is 1. The van der Waals surface area contributed by atoms with Crippen LogP contribution in [0.2, 0.25) is 5.02 Å². The van der Waals surface area contributed by atoms with Crippen LogP contribution in [0.3, 0.4) is 0 Å². The Labute approximate surface area is 97.5 Å². The highest BCUT2D eigenvalue weighted by molar-refractivity contribution is 6.30. The molecule has 0 heterocycles. The second-order valence-electron chi connectivity index (χ2n) is 3.03. The van der Waals surface area contributed by atoms with E-state index in [-0.39, 0.29) is 18.0 Å². The summed E-state index contributed by atoms with van der Waals surface area (Å²) in [6.07, 6.45) is 1.12. The Balaban J connectivity index is 2.90. The van der Waals surface area contributed by atoms with Crippen molar-refractivity contribution >= 4 is 23.5 Å². The smallest absolute Gasteiger partial charge is 0.336 e. The van der Waals surface area contributed by atoms with Crippen LogP contribution in [0.25, 0.3) is 0 Å². The van der Waals surface area contributed by atoms with Gasteiger partial charge >= 0.3 is 5.97 Å². The van der Waals surface area contributed by atoms with Crippen molar-refractivity contribution < 1.29 is 14.7 Å². The highest BCUT2D eigenvalue weighted by Crippen LogP contribution is 2.16. The third kappa shape index (κ3) is 3.10. The van der Waals surface area contributed by atoms with Gasteiger partial charge in [0.2, 0.25) is 5.91 Å². The molecule has 0 saturated carbocycles. The van der Waals surface area contributed by atoms with Crippen LogP contribution in [0.15, 0.2) is 30.9 Å². The summed E-state index contributed by atoms with van der Waals surface area (Å²) in [5.41, 5.74) is 0.573. The molecule has 5 heteroatoms. The molecule has 0 unspecified atom stereocenters. The van der Waals surface area contributed by atoms with Gasteiger partial charge < -0.3 is 10.4 Å². The molecule has 0 aromatic heterocycles. The second-order valence-corrected chi connectivity index (χ2v) is 3.46. The number of hydrogen-bond donors (Lipinski definition) is 2. The van der Waals surface area contributed by atoms with Crippen molar-refractivity contribution in [1.82, 2.24) is 5.32 Å². The first-order valence-electron chi connectivity index (χ1n) is 4.46. The lowest BCUT2D eigenvalue weighted by atomic mass is 10.1. The first kappa shape index (κ1) is 12.3. The number of amides is 1. The van der Waals surface area contributed by atoms with E-state index >= 15 is 0 Å². The number of carbonyl (C=O) groups is 2. The zero-order valence-corrected chi connectivity index (χ0v) is 9.12. The molecule has 0 saturated heterocycles. The van der Waals surface area contributed by atoms with Gasteiger partial charge in [0.1, 0.15) is 0 Å². The normalized spacial score (nSPS) is 9.56. The van der Waals surface area contributed by atoms with Gasteiger partial charge in [0.25, 0.3) is 0 Å². The van der Waals surface area contributed by atoms with Gasteiger partial charge in [-0.1, -0.05) is 24.2 Å². The Morgan fingerprint density at radius 2 is 2.19 bits per heavy atom. The maximum absolute atomic E-state index is 10.9. The minimum atomic E-state index is -1.08. The zero-order valence-electron chi connectivity index (χ0n) is 8.37. The largest absolute Gasteiger partial charge is 0.478 e. The number of carboxylic acids is 1. The fraction of sp³-hybridized carbons (Fsp3) is 0.0909. The van der Waals surface area contributed by atoms with Gasteiger partial charge in [-0.15, -0.1) is 0 Å². The van der Waals surface area contributed by atoms with E-state index in [9.17, 15) is 9.59 Å². The highest BCUT2D eigenvalue weighted by Gasteiger charge is 2.10. The number of hydrogen-bond acceptors (Lipinski definition) is 2. The number of carbonyl (C=O) groups excluding carboxylic acids is 1. The molecule has 0 atom stereocenters. The van der Waals surface area contributed by atoms with Crippen molar-refractivity contribution in [2.75, 3.05) is 0 Å². The first-order valence-corrected chi connectivity index (χ1v) is 4.84. The summed E-state index contributed by atoms with van der Waals surface area (Å²) in [5, 5.41) is 11.8. The van der Waals surface area contributed by atoms with Gasteiger partial charge in [0.15, 0.2) is 0 Å². The lowest BCUT2D eigenvalue weighted by molar-refractivity contribution is -0.116. The third-order valence-electron chi connectivity index (χ3n) is 1.94. The Bertz CT molecular complexity index is 443. The standard InChI is InChI=1S/C11H10ClNO3/c1-2-10(14)13-6-7-3-4-8(12)5-9(7)11(15)16/h2-5H,1,6H2,(H,13,14)(H,15,16). The van der Waals surface area contributed by atoms with E-state index in [0.717, 1.165) is 6.08 Å². The van der Waals surface area contributed by atoms with Crippen molar-refractivity contribution in [2.45, 2.75) is 6.54 Å². The zero-order chi connectivity index (χ0) is 12.1. The summed E-state index contributed by atoms with van der Waals surface area (Å²) in [4.78, 5) is 21.8. The minimum Gasteiger partial charge on any atom is -0.478 e. The van der Waals surface area contributed by atoms with Crippen molar-refractivity contribution in [3.8, 4) is 0 Å². The van der Waals surface area contributed by atoms with E-state index < -0.39 is 5.97 Å². The molecule has 0 aliphatic rings. The molecule has 1 aromatic rings. The Kier molecular flexibility index (Phi) is 4.08. The van der Waals surface area contributed by atoms with Crippen LogP contribution in [-0.4, -0.2) is 17.0 Å². The molecule has 0 spiro atoms. The second kappa shape index (κ2) is 5.32. The monoisotopic (exact) mass is 239 g/mol. The topological polar surface area (TPSA) is 66.4 Å². The molecular formula is C11H10ClNO3. The number of aromatic carboxylic acids is 1. The average molecular weight is 240 g/mol. The molecule has 0 aliphatic carbocycles. The summed E-state index contributed by atoms with van der Waals surface area (Å²) < 4.78 is 0. The number of nitrogens with one attached hydrogen (secondary N) is 1. The SMILES string of the molecule is C=CC(=O)NCc1ccc(Cl)cc1C(=O)O. The Morgan fingerprint density at radius 1 is 1.50 bits per heavy atom. The summed E-state index contributed by atoms with van der Waals surface area (Å²) >= 11 is 5.68. The van der Waals surface area contributed by atoms with Crippen LogP contribution in [0.5, 0.6) is 0 Å². The highest BCUT2D eigenvalue weighted by atomic mass is 35.5. The summed E-state index contributed by atoms with van der Waals surface area (Å²) in [5.74, 6) is -1.43. The lowest BCUT2D eigenvalue weighted by Gasteiger charge is -2.06. The predicted molar refractivity (Wildman–Crippen MR) is 60.5 cm³/mol. The van der Waals surface area contributed by atoms with Crippen LogP contribution >= 0.6 is 11.6 Å². The number of rotatable bonds is 4. The van der Waals surface area contributed by atoms with Crippen molar-refractivity contribution in [2.24, 2.45) is 0 Å². The molecule has 2 N–H and O–H groups in total. The molecule has 4 nitrogen and oxygen atoms in total. The Morgan fingerprint density at radius 3 is 2.75 bits per heavy atom. The van der Waals surface area contributed by atoms with Crippen LogP contribution in [0.1, 0.15) is 15.9 Å². The first-order chi connectivity index (χ1) is 7.54. The molecule has 84 valence electrons. The van der Waals surface area contributed by atoms with Gasteiger partial charge in [-0.2, -0.15) is 0 Å². The average Bonchev–Trinajstić information content (AvgIpc) is 2.26. The summed E-state index contributed by atoms with van der Waals surface area (Å²) in [7, 11) is 0. The number of benzene rings is 1. The van der Waals surface area contributed by atoms with Crippen LogP contribution in [-0.2, 0) is 11.3 Å². The van der Waals surface area contributed by atoms with E-state index in [1.54, 1.807) is 12.1 Å². The maximum atomic E-state index is 10.9. The molecule has 0 bridgehead atoms. The molecule has 16 heavy (non-hydrogen) atoms. The van der Waals surface area contributed by atoms with Gasteiger partial charge in [-0.25, -0.2) is 4.79 Å². The van der Waals surface area contributed by atoms with E-state index in [1.807, 2.05) is 0 Å².